The molecular formula is C18H17N3O2. The predicted molar refractivity (Wildman–Crippen MR) is 88.0 cm³/mol. The number of carbonyl (C=O) groups excluding carboxylic acids is 1. The smallest absolute Gasteiger partial charge is 0.230 e. The average Bonchev–Trinajstić information content (AvgIpc) is 2.99. The molecule has 0 radical (unpaired) electrons. The van der Waals surface area contributed by atoms with Crippen LogP contribution in [0.2, 0.25) is 0 Å². The third-order valence-electron chi connectivity index (χ3n) is 3.73. The van der Waals surface area contributed by atoms with Crippen LogP contribution in [0.1, 0.15) is 16.7 Å². The number of hydrogen-bond acceptors (Lipinski definition) is 4. The highest BCUT2D eigenvalue weighted by Gasteiger charge is 2.15. The maximum Gasteiger partial charge on any atom is 0.230 e. The van der Waals surface area contributed by atoms with Gasteiger partial charge in [-0.05, 0) is 46.9 Å². The van der Waals surface area contributed by atoms with Gasteiger partial charge in [-0.25, -0.2) is 4.63 Å². The SMILES string of the molecule is Cc1ccc(-c2nonc2NC(=O)Cc2ccccc2)cc1C. The lowest BCUT2D eigenvalue weighted by Crippen LogP contribution is -2.15. The molecule has 0 saturated heterocycles. The summed E-state index contributed by atoms with van der Waals surface area (Å²) < 4.78 is 4.81. The van der Waals surface area contributed by atoms with E-state index in [1.807, 2.05) is 62.4 Å². The molecule has 0 fully saturated rings. The Morgan fingerprint density at radius 2 is 1.83 bits per heavy atom. The molecule has 3 aromatic rings. The third-order valence-corrected chi connectivity index (χ3v) is 3.73. The lowest BCUT2D eigenvalue weighted by molar-refractivity contribution is -0.115. The van der Waals surface area contributed by atoms with Crippen LogP contribution in [0.4, 0.5) is 5.82 Å². The molecule has 3 rings (SSSR count). The Kier molecular flexibility index (Phi) is 4.19. The van der Waals surface area contributed by atoms with E-state index in [2.05, 4.69) is 15.6 Å². The van der Waals surface area contributed by atoms with Crippen LogP contribution in [0.15, 0.2) is 53.2 Å². The van der Waals surface area contributed by atoms with Gasteiger partial charge in [0.05, 0.1) is 6.42 Å². The summed E-state index contributed by atoms with van der Waals surface area (Å²) in [6, 6.07) is 15.5. The van der Waals surface area contributed by atoms with Gasteiger partial charge in [-0.15, -0.1) is 0 Å². The zero-order valence-electron chi connectivity index (χ0n) is 13.0. The van der Waals surface area contributed by atoms with Gasteiger partial charge in [0.2, 0.25) is 11.7 Å². The second kappa shape index (κ2) is 6.44. The zero-order chi connectivity index (χ0) is 16.2. The maximum atomic E-state index is 12.2. The first-order valence-electron chi connectivity index (χ1n) is 7.37. The summed E-state index contributed by atoms with van der Waals surface area (Å²) in [4.78, 5) is 12.2. The van der Waals surface area contributed by atoms with Gasteiger partial charge in [0.25, 0.3) is 0 Å². The van der Waals surface area contributed by atoms with Crippen LogP contribution in [-0.4, -0.2) is 16.2 Å². The van der Waals surface area contributed by atoms with Gasteiger partial charge in [-0.2, -0.15) is 0 Å². The van der Waals surface area contributed by atoms with E-state index in [1.165, 1.54) is 5.56 Å². The molecule has 5 heteroatoms. The molecule has 1 aromatic heterocycles. The van der Waals surface area contributed by atoms with Crippen molar-refractivity contribution in [3.63, 3.8) is 0 Å². The summed E-state index contributed by atoms with van der Waals surface area (Å²) in [5.41, 5.74) is 4.68. The average molecular weight is 307 g/mol. The number of aryl methyl sites for hydroxylation is 2. The minimum atomic E-state index is -0.156. The van der Waals surface area contributed by atoms with Crippen molar-refractivity contribution >= 4 is 11.7 Å². The maximum absolute atomic E-state index is 12.2. The number of carbonyl (C=O) groups is 1. The molecule has 0 saturated carbocycles. The van der Waals surface area contributed by atoms with E-state index in [0.29, 0.717) is 11.5 Å². The van der Waals surface area contributed by atoms with Crippen molar-refractivity contribution in [2.75, 3.05) is 5.32 Å². The molecule has 5 nitrogen and oxygen atoms in total. The molecule has 116 valence electrons. The molecule has 23 heavy (non-hydrogen) atoms. The van der Waals surface area contributed by atoms with E-state index < -0.39 is 0 Å². The molecule has 1 N–H and O–H groups in total. The lowest BCUT2D eigenvalue weighted by atomic mass is 10.0. The molecule has 1 heterocycles. The van der Waals surface area contributed by atoms with Gasteiger partial charge in [-0.3, -0.25) is 4.79 Å². The monoisotopic (exact) mass is 307 g/mol. The highest BCUT2D eigenvalue weighted by Crippen LogP contribution is 2.26. The quantitative estimate of drug-likeness (QED) is 0.800. The second-order valence-corrected chi connectivity index (χ2v) is 5.47. The molecule has 0 unspecified atom stereocenters. The van der Waals surface area contributed by atoms with Crippen LogP contribution in [0, 0.1) is 13.8 Å². The van der Waals surface area contributed by atoms with Crippen LogP contribution < -0.4 is 5.32 Å². The molecule has 0 atom stereocenters. The number of hydrogen-bond donors (Lipinski definition) is 1. The molecular weight excluding hydrogens is 290 g/mol. The van der Waals surface area contributed by atoms with Crippen molar-refractivity contribution in [3.8, 4) is 11.3 Å². The highest BCUT2D eigenvalue weighted by molar-refractivity contribution is 5.94. The number of aromatic nitrogens is 2. The Morgan fingerprint density at radius 3 is 2.57 bits per heavy atom. The van der Waals surface area contributed by atoms with Crippen LogP contribution in [0.3, 0.4) is 0 Å². The Hall–Kier alpha value is -2.95. The van der Waals surface area contributed by atoms with Crippen molar-refractivity contribution in [2.45, 2.75) is 20.3 Å². The molecule has 0 aliphatic rings. The summed E-state index contributed by atoms with van der Waals surface area (Å²) in [5.74, 6) is 0.186. The van der Waals surface area contributed by atoms with Gasteiger partial charge in [0.15, 0.2) is 5.69 Å². The molecule has 0 bridgehead atoms. The summed E-state index contributed by atoms with van der Waals surface area (Å²) in [6.45, 7) is 4.07. The van der Waals surface area contributed by atoms with Crippen molar-refractivity contribution in [1.82, 2.24) is 10.3 Å². The van der Waals surface area contributed by atoms with Crippen molar-refractivity contribution < 1.29 is 9.42 Å². The highest BCUT2D eigenvalue weighted by atomic mass is 16.6. The van der Waals surface area contributed by atoms with Gasteiger partial charge >= 0.3 is 0 Å². The number of amides is 1. The van der Waals surface area contributed by atoms with Crippen LogP contribution >= 0.6 is 0 Å². The predicted octanol–water partition coefficient (Wildman–Crippen LogP) is 3.53. The topological polar surface area (TPSA) is 68.0 Å². The summed E-state index contributed by atoms with van der Waals surface area (Å²) >= 11 is 0. The fraction of sp³-hybridized carbons (Fsp3) is 0.167. The molecule has 2 aromatic carbocycles. The molecule has 1 amide bonds. The first-order valence-corrected chi connectivity index (χ1v) is 7.37. The number of rotatable bonds is 4. The second-order valence-electron chi connectivity index (χ2n) is 5.47. The summed E-state index contributed by atoms with van der Waals surface area (Å²) in [7, 11) is 0. The Morgan fingerprint density at radius 1 is 1.04 bits per heavy atom. The van der Waals surface area contributed by atoms with Gasteiger partial charge in [0, 0.05) is 5.56 Å². The first kappa shape index (κ1) is 15.0. The Bertz CT molecular complexity index is 825. The number of nitrogens with one attached hydrogen (secondary N) is 1. The van der Waals surface area contributed by atoms with E-state index in [1.54, 1.807) is 0 Å². The van der Waals surface area contributed by atoms with Crippen molar-refractivity contribution in [1.29, 1.82) is 0 Å². The van der Waals surface area contributed by atoms with Crippen LogP contribution in [0.5, 0.6) is 0 Å². The van der Waals surface area contributed by atoms with Gasteiger partial charge in [-0.1, -0.05) is 42.5 Å². The summed E-state index contributed by atoms with van der Waals surface area (Å²) in [6.07, 6.45) is 0.278. The molecule has 0 aliphatic heterocycles. The Balaban J connectivity index is 1.78. The van der Waals surface area contributed by atoms with E-state index in [-0.39, 0.29) is 12.3 Å². The molecule has 0 spiro atoms. The van der Waals surface area contributed by atoms with E-state index in [9.17, 15) is 4.79 Å². The lowest BCUT2D eigenvalue weighted by Gasteiger charge is -2.05. The third kappa shape index (κ3) is 3.45. The number of anilines is 1. The molecule has 0 aliphatic carbocycles. The van der Waals surface area contributed by atoms with Gasteiger partial charge < -0.3 is 5.32 Å². The van der Waals surface area contributed by atoms with Crippen molar-refractivity contribution in [3.05, 3.63) is 65.2 Å². The first-order chi connectivity index (χ1) is 11.1. The van der Waals surface area contributed by atoms with Crippen LogP contribution in [0.25, 0.3) is 11.3 Å². The largest absolute Gasteiger partial charge is 0.306 e. The van der Waals surface area contributed by atoms with Gasteiger partial charge in [0.1, 0.15) is 0 Å². The minimum Gasteiger partial charge on any atom is -0.306 e. The standard InChI is InChI=1S/C18H17N3O2/c1-12-8-9-15(10-13(12)2)17-18(21-23-20-17)19-16(22)11-14-6-4-3-5-7-14/h3-10H,11H2,1-2H3,(H,19,21,22). The Labute approximate surface area is 134 Å². The van der Waals surface area contributed by atoms with E-state index >= 15 is 0 Å². The number of nitrogens with zero attached hydrogens (tertiary/aromatic N) is 2. The minimum absolute atomic E-state index is 0.156. The number of benzene rings is 2. The summed E-state index contributed by atoms with van der Waals surface area (Å²) in [5, 5.41) is 10.5. The van der Waals surface area contributed by atoms with Crippen molar-refractivity contribution in [2.24, 2.45) is 0 Å². The normalized spacial score (nSPS) is 10.5. The zero-order valence-corrected chi connectivity index (χ0v) is 13.0. The fourth-order valence-electron chi connectivity index (χ4n) is 2.31. The fourth-order valence-corrected chi connectivity index (χ4v) is 2.31. The van der Waals surface area contributed by atoms with Crippen LogP contribution in [-0.2, 0) is 11.2 Å². The van der Waals surface area contributed by atoms with E-state index in [0.717, 1.165) is 16.7 Å². The van der Waals surface area contributed by atoms with E-state index in [4.69, 9.17) is 4.63 Å².